The Bertz CT molecular complexity index is 330. The zero-order valence-corrected chi connectivity index (χ0v) is 8.95. The Morgan fingerprint density at radius 1 is 1.56 bits per heavy atom. The topological polar surface area (TPSA) is 75.7 Å². The second kappa shape index (κ2) is 3.65. The van der Waals surface area contributed by atoms with Crippen molar-refractivity contribution in [1.29, 1.82) is 0 Å². The summed E-state index contributed by atoms with van der Waals surface area (Å²) in [6.07, 6.45) is -5.41. The van der Waals surface area contributed by atoms with Gasteiger partial charge in [0.2, 0.25) is 0 Å². The van der Waals surface area contributed by atoms with Crippen LogP contribution in [0.3, 0.4) is 0 Å². The lowest BCUT2D eigenvalue weighted by atomic mass is 9.89. The van der Waals surface area contributed by atoms with Crippen LogP contribution < -0.4 is 5.11 Å². The van der Waals surface area contributed by atoms with Gasteiger partial charge in [0, 0.05) is 0 Å². The molecule has 1 aliphatic rings. The number of carbonyl (C=O) groups excluding carboxylic acids is 2. The number of esters is 1. The van der Waals surface area contributed by atoms with Crippen LogP contribution in [0.1, 0.15) is 20.8 Å². The number of alkyl halides is 2. The van der Waals surface area contributed by atoms with Crippen LogP contribution in [0.25, 0.3) is 0 Å². The number of halogens is 2. The molecule has 0 N–H and O–H groups in total. The highest BCUT2D eigenvalue weighted by Crippen LogP contribution is 2.39. The predicted octanol–water partition coefficient (Wildman–Crippen LogP) is -0.314. The first-order chi connectivity index (χ1) is 7.11. The van der Waals surface area contributed by atoms with Crippen LogP contribution >= 0.6 is 0 Å². The van der Waals surface area contributed by atoms with Crippen molar-refractivity contribution in [1.82, 2.24) is 0 Å². The molecule has 0 saturated carbocycles. The summed E-state index contributed by atoms with van der Waals surface area (Å²) in [5.74, 6) is -4.33. The van der Waals surface area contributed by atoms with Crippen LogP contribution in [0.2, 0.25) is 0 Å². The summed E-state index contributed by atoms with van der Waals surface area (Å²) in [4.78, 5) is 21.3. The number of carbonyl (C=O) groups is 2. The molecular weight excluding hydrogens is 226 g/mol. The quantitative estimate of drug-likeness (QED) is 0.629. The van der Waals surface area contributed by atoms with E-state index in [0.717, 1.165) is 0 Å². The van der Waals surface area contributed by atoms with Gasteiger partial charge < -0.3 is 19.4 Å². The molecule has 1 rings (SSSR count). The third-order valence-electron chi connectivity index (χ3n) is 2.90. The fourth-order valence-electron chi connectivity index (χ4n) is 1.47. The Balaban J connectivity index is 2.95. The van der Waals surface area contributed by atoms with Crippen molar-refractivity contribution in [2.45, 2.75) is 38.6 Å². The number of carboxylic acid groups (broad SMARTS) is 1. The molecule has 3 atom stereocenters. The highest BCUT2D eigenvalue weighted by molar-refractivity contribution is 5.77. The first kappa shape index (κ1) is 12.8. The minimum absolute atomic E-state index is 0.704. The molecule has 5 nitrogen and oxygen atoms in total. The first-order valence-electron chi connectivity index (χ1n) is 4.61. The number of cyclic esters (lactones) is 1. The van der Waals surface area contributed by atoms with Gasteiger partial charge >= 0.3 is 12.1 Å². The Hall–Kier alpha value is -1.24. The second-order valence-corrected chi connectivity index (χ2v) is 3.89. The van der Waals surface area contributed by atoms with Crippen LogP contribution in [-0.2, 0) is 19.1 Å². The molecule has 0 spiro atoms. The lowest BCUT2D eigenvalue weighted by Crippen LogP contribution is -2.53. The van der Waals surface area contributed by atoms with Crippen molar-refractivity contribution < 1.29 is 33.0 Å². The van der Waals surface area contributed by atoms with Crippen molar-refractivity contribution in [2.24, 2.45) is 5.92 Å². The van der Waals surface area contributed by atoms with E-state index in [1.807, 2.05) is 0 Å². The fourth-order valence-corrected chi connectivity index (χ4v) is 1.47. The van der Waals surface area contributed by atoms with Crippen LogP contribution in [0.15, 0.2) is 0 Å². The number of carboxylic acids is 1. The van der Waals surface area contributed by atoms with Crippen molar-refractivity contribution >= 4 is 11.9 Å². The molecule has 1 aliphatic heterocycles. The van der Waals surface area contributed by atoms with E-state index >= 15 is 0 Å². The monoisotopic (exact) mass is 237 g/mol. The van der Waals surface area contributed by atoms with Crippen molar-refractivity contribution in [3.05, 3.63) is 0 Å². The van der Waals surface area contributed by atoms with Gasteiger partial charge in [-0.15, -0.1) is 0 Å². The lowest BCUT2D eigenvalue weighted by Gasteiger charge is -2.33. The number of hydrogen-bond donors (Lipinski definition) is 0. The first-order valence-corrected chi connectivity index (χ1v) is 4.61. The molecule has 0 aliphatic carbocycles. The predicted molar refractivity (Wildman–Crippen MR) is 44.2 cm³/mol. The van der Waals surface area contributed by atoms with Gasteiger partial charge in [0.25, 0.3) is 0 Å². The van der Waals surface area contributed by atoms with Gasteiger partial charge in [-0.3, -0.25) is 4.79 Å². The van der Waals surface area contributed by atoms with E-state index in [0.29, 0.717) is 0 Å². The van der Waals surface area contributed by atoms with E-state index < -0.39 is 35.7 Å². The molecule has 16 heavy (non-hydrogen) atoms. The van der Waals surface area contributed by atoms with E-state index in [1.54, 1.807) is 0 Å². The Labute approximate surface area is 90.3 Å². The SMILES string of the molecule is CC1OC(=O)C(C)C1(C)OC(F)(F)C(=O)[O-]. The summed E-state index contributed by atoms with van der Waals surface area (Å²) >= 11 is 0. The fraction of sp³-hybridized carbons (Fsp3) is 0.778. The van der Waals surface area contributed by atoms with Crippen molar-refractivity contribution in [3.8, 4) is 0 Å². The van der Waals surface area contributed by atoms with Gasteiger partial charge in [-0.2, -0.15) is 8.78 Å². The summed E-state index contributed by atoms with van der Waals surface area (Å²) in [5.41, 5.74) is -1.69. The van der Waals surface area contributed by atoms with E-state index in [4.69, 9.17) is 4.74 Å². The molecule has 1 fully saturated rings. The molecule has 1 saturated heterocycles. The molecule has 7 heteroatoms. The second-order valence-electron chi connectivity index (χ2n) is 3.89. The van der Waals surface area contributed by atoms with Gasteiger partial charge in [-0.1, -0.05) is 0 Å². The van der Waals surface area contributed by atoms with Gasteiger partial charge in [0.1, 0.15) is 17.7 Å². The number of ether oxygens (including phenoxy) is 2. The molecule has 0 amide bonds. The van der Waals surface area contributed by atoms with Gasteiger partial charge in [-0.25, -0.2) is 0 Å². The van der Waals surface area contributed by atoms with E-state index in [1.165, 1.54) is 20.8 Å². The highest BCUT2D eigenvalue weighted by Gasteiger charge is 2.56. The Morgan fingerprint density at radius 3 is 2.38 bits per heavy atom. The molecule has 92 valence electrons. The smallest absolute Gasteiger partial charge is 0.398 e. The number of rotatable bonds is 3. The summed E-state index contributed by atoms with van der Waals surface area (Å²) in [6, 6.07) is 0. The van der Waals surface area contributed by atoms with Crippen molar-refractivity contribution in [3.63, 3.8) is 0 Å². The number of aliphatic carboxylic acids is 1. The molecule has 0 aromatic rings. The minimum Gasteiger partial charge on any atom is -0.542 e. The van der Waals surface area contributed by atoms with Crippen LogP contribution in [0, 0.1) is 5.92 Å². The van der Waals surface area contributed by atoms with Crippen molar-refractivity contribution in [2.75, 3.05) is 0 Å². The van der Waals surface area contributed by atoms with Crippen LogP contribution in [0.5, 0.6) is 0 Å². The third-order valence-corrected chi connectivity index (χ3v) is 2.90. The number of hydrogen-bond acceptors (Lipinski definition) is 5. The summed E-state index contributed by atoms with van der Waals surface area (Å²) in [5, 5.41) is 10.1. The van der Waals surface area contributed by atoms with E-state index in [-0.39, 0.29) is 0 Å². The molecule has 0 bridgehead atoms. The molecule has 1 heterocycles. The Kier molecular flexibility index (Phi) is 2.93. The largest absolute Gasteiger partial charge is 0.542 e. The maximum Gasteiger partial charge on any atom is 0.398 e. The molecular formula is C9H11F2O5-. The van der Waals surface area contributed by atoms with Crippen LogP contribution in [0.4, 0.5) is 8.78 Å². The summed E-state index contributed by atoms with van der Waals surface area (Å²) < 4.78 is 34.6. The third kappa shape index (κ3) is 1.87. The molecule has 3 unspecified atom stereocenters. The summed E-state index contributed by atoms with van der Waals surface area (Å²) in [6.45, 7) is 3.88. The minimum atomic E-state index is -4.45. The van der Waals surface area contributed by atoms with Gasteiger partial charge in [0.15, 0.2) is 0 Å². The molecule has 0 aromatic heterocycles. The molecule has 0 radical (unpaired) electrons. The van der Waals surface area contributed by atoms with Gasteiger partial charge in [0.05, 0.1) is 5.92 Å². The Morgan fingerprint density at radius 2 is 2.06 bits per heavy atom. The summed E-state index contributed by atoms with van der Waals surface area (Å²) in [7, 11) is 0. The average molecular weight is 237 g/mol. The van der Waals surface area contributed by atoms with E-state index in [9.17, 15) is 23.5 Å². The zero-order valence-electron chi connectivity index (χ0n) is 8.95. The van der Waals surface area contributed by atoms with Crippen LogP contribution in [-0.4, -0.2) is 29.8 Å². The maximum absolute atomic E-state index is 12.9. The average Bonchev–Trinajstić information content (AvgIpc) is 2.30. The molecule has 0 aromatic carbocycles. The zero-order chi connectivity index (χ0) is 12.7. The maximum atomic E-state index is 12.9. The van der Waals surface area contributed by atoms with E-state index in [2.05, 4.69) is 4.74 Å². The highest BCUT2D eigenvalue weighted by atomic mass is 19.3. The lowest BCUT2D eigenvalue weighted by molar-refractivity contribution is -0.380. The normalized spacial score (nSPS) is 34.9. The standard InChI is InChI=1S/C9H12F2O5/c1-4-6(12)15-5(2)8(4,3)16-9(10,11)7(13)14/h4-5H,1-3H3,(H,13,14)/p-1. The van der Waals surface area contributed by atoms with Gasteiger partial charge in [-0.05, 0) is 20.8 Å².